The number of aliphatic hydroxyl groups is 1. The van der Waals surface area contributed by atoms with Crippen LogP contribution in [0.25, 0.3) is 0 Å². The second kappa shape index (κ2) is 12.7. The van der Waals surface area contributed by atoms with Gasteiger partial charge in [0, 0.05) is 25.1 Å². The van der Waals surface area contributed by atoms with Crippen LogP contribution in [0.2, 0.25) is 0 Å². The molecule has 0 aliphatic carbocycles. The molecule has 38 heavy (non-hydrogen) atoms. The number of rotatable bonds is 10. The average Bonchev–Trinajstić information content (AvgIpc) is 2.94. The Morgan fingerprint density at radius 3 is 2.11 bits per heavy atom. The lowest BCUT2D eigenvalue weighted by molar-refractivity contribution is 0.0594. The number of hydrogen-bond acceptors (Lipinski definition) is 5. The fraction of sp³-hybridized carbons (Fsp3) is 0.161. The van der Waals surface area contributed by atoms with Crippen LogP contribution in [0.5, 0.6) is 11.5 Å². The van der Waals surface area contributed by atoms with E-state index < -0.39 is 17.9 Å². The summed E-state index contributed by atoms with van der Waals surface area (Å²) in [6, 6.07) is 28.8. The Morgan fingerprint density at radius 1 is 0.816 bits per heavy atom. The van der Waals surface area contributed by atoms with E-state index in [0.717, 1.165) is 11.1 Å². The van der Waals surface area contributed by atoms with E-state index in [1.807, 2.05) is 30.3 Å². The second-order valence-corrected chi connectivity index (χ2v) is 8.77. The molecule has 0 saturated carbocycles. The lowest BCUT2D eigenvalue weighted by Crippen LogP contribution is -2.38. The fourth-order valence-electron chi connectivity index (χ4n) is 4.01. The fourth-order valence-corrected chi connectivity index (χ4v) is 4.01. The molecule has 0 bridgehead atoms. The minimum absolute atomic E-state index is 0.0904. The number of nitrogens with zero attached hydrogens (tertiary/aromatic N) is 1. The number of para-hydroxylation sites is 1. The van der Waals surface area contributed by atoms with E-state index in [1.165, 1.54) is 19.2 Å². The largest absolute Gasteiger partial charge is 0.465 e. The first-order valence-electron chi connectivity index (χ1n) is 12.1. The third-order valence-corrected chi connectivity index (χ3v) is 5.95. The van der Waals surface area contributed by atoms with Crippen LogP contribution >= 0.6 is 0 Å². The van der Waals surface area contributed by atoms with Crippen LogP contribution in [0.3, 0.4) is 0 Å². The Labute approximate surface area is 220 Å². The van der Waals surface area contributed by atoms with E-state index in [9.17, 15) is 19.1 Å². The molecular weight excluding hydrogens is 485 g/mol. The minimum Gasteiger partial charge on any atom is -0.465 e. The van der Waals surface area contributed by atoms with Gasteiger partial charge < -0.3 is 19.5 Å². The van der Waals surface area contributed by atoms with Gasteiger partial charge in [0.2, 0.25) is 0 Å². The molecule has 1 atom stereocenters. The normalized spacial score (nSPS) is 11.4. The number of methoxy groups -OCH3 is 1. The Morgan fingerprint density at radius 2 is 1.45 bits per heavy atom. The van der Waals surface area contributed by atoms with Crippen molar-refractivity contribution < 1.29 is 28.6 Å². The van der Waals surface area contributed by atoms with E-state index in [-0.39, 0.29) is 24.7 Å². The van der Waals surface area contributed by atoms with Crippen LogP contribution in [-0.4, -0.2) is 41.6 Å². The van der Waals surface area contributed by atoms with Crippen LogP contribution in [0.1, 0.15) is 31.8 Å². The first kappa shape index (κ1) is 26.6. The molecule has 1 N–H and O–H groups in total. The first-order chi connectivity index (χ1) is 18.4. The number of amides is 1. The van der Waals surface area contributed by atoms with Gasteiger partial charge in [0.1, 0.15) is 5.75 Å². The minimum atomic E-state index is -0.792. The molecule has 0 spiro atoms. The number of halogens is 1. The summed E-state index contributed by atoms with van der Waals surface area (Å²) in [4.78, 5) is 26.9. The van der Waals surface area contributed by atoms with Gasteiger partial charge in [0.05, 0.1) is 18.8 Å². The van der Waals surface area contributed by atoms with Crippen molar-refractivity contribution in [1.82, 2.24) is 4.90 Å². The highest BCUT2D eigenvalue weighted by Crippen LogP contribution is 2.25. The molecule has 4 aromatic carbocycles. The van der Waals surface area contributed by atoms with Gasteiger partial charge in [-0.1, -0.05) is 54.6 Å². The first-order valence-corrected chi connectivity index (χ1v) is 12.1. The smallest absolute Gasteiger partial charge is 0.337 e. The number of benzene rings is 4. The van der Waals surface area contributed by atoms with E-state index in [4.69, 9.17) is 9.47 Å². The van der Waals surface area contributed by atoms with Crippen molar-refractivity contribution in [2.75, 3.05) is 13.7 Å². The van der Waals surface area contributed by atoms with Gasteiger partial charge in [-0.05, 0) is 59.7 Å². The summed E-state index contributed by atoms with van der Waals surface area (Å²) in [5.74, 6) is -0.732. The molecular formula is C31H28FNO5. The average molecular weight is 514 g/mol. The number of ether oxygens (including phenoxy) is 2. The molecule has 4 aromatic rings. The Kier molecular flexibility index (Phi) is 8.85. The van der Waals surface area contributed by atoms with Crippen LogP contribution in [0.15, 0.2) is 103 Å². The monoisotopic (exact) mass is 513 g/mol. The molecule has 0 aromatic heterocycles. The summed E-state index contributed by atoms with van der Waals surface area (Å²) < 4.78 is 24.3. The van der Waals surface area contributed by atoms with Gasteiger partial charge in [-0.3, -0.25) is 4.79 Å². The molecule has 0 aliphatic rings. The predicted molar refractivity (Wildman–Crippen MR) is 142 cm³/mol. The molecule has 0 saturated heterocycles. The van der Waals surface area contributed by atoms with Gasteiger partial charge in [-0.25, -0.2) is 9.18 Å². The van der Waals surface area contributed by atoms with Gasteiger partial charge in [-0.15, -0.1) is 0 Å². The van der Waals surface area contributed by atoms with Crippen LogP contribution < -0.4 is 4.74 Å². The Bertz CT molecular complexity index is 1360. The number of carbonyl (C=O) groups is 2. The van der Waals surface area contributed by atoms with Crippen molar-refractivity contribution in [2.45, 2.75) is 19.1 Å². The zero-order valence-electron chi connectivity index (χ0n) is 20.9. The van der Waals surface area contributed by atoms with Crippen molar-refractivity contribution in [3.63, 3.8) is 0 Å². The molecule has 6 nitrogen and oxygen atoms in total. The molecule has 194 valence electrons. The highest BCUT2D eigenvalue weighted by atomic mass is 19.1. The summed E-state index contributed by atoms with van der Waals surface area (Å²) in [5.41, 5.74) is 2.55. The molecule has 4 rings (SSSR count). The lowest BCUT2D eigenvalue weighted by Gasteiger charge is -2.26. The quantitative estimate of drug-likeness (QED) is 0.277. The summed E-state index contributed by atoms with van der Waals surface area (Å²) in [5, 5.41) is 10.8. The predicted octanol–water partition coefficient (Wildman–Crippen LogP) is 5.65. The molecule has 0 aliphatic heterocycles. The topological polar surface area (TPSA) is 76.1 Å². The standard InChI is InChI=1S/C31H28FNO5/c1-37-31(36)25-13-11-23(12-14-25)20-33(21-26(34)19-22-7-3-2-4-8-22)30(35)24-15-17-27(18-16-24)38-29-10-6-5-9-28(29)32/h2-18,26,34H,19-21H2,1H3. The van der Waals surface area contributed by atoms with E-state index in [0.29, 0.717) is 23.3 Å². The van der Waals surface area contributed by atoms with Crippen molar-refractivity contribution in [1.29, 1.82) is 0 Å². The van der Waals surface area contributed by atoms with Crippen molar-refractivity contribution in [3.8, 4) is 11.5 Å². The molecule has 0 fully saturated rings. The van der Waals surface area contributed by atoms with Crippen molar-refractivity contribution in [2.24, 2.45) is 0 Å². The molecule has 0 heterocycles. The molecule has 1 unspecified atom stereocenters. The number of aliphatic hydroxyl groups excluding tert-OH is 1. The van der Waals surface area contributed by atoms with Crippen molar-refractivity contribution in [3.05, 3.63) is 131 Å². The van der Waals surface area contributed by atoms with Crippen LogP contribution in [-0.2, 0) is 17.7 Å². The summed E-state index contributed by atoms with van der Waals surface area (Å²) in [7, 11) is 1.32. The van der Waals surface area contributed by atoms with Crippen LogP contribution in [0, 0.1) is 5.82 Å². The van der Waals surface area contributed by atoms with Gasteiger partial charge in [-0.2, -0.15) is 0 Å². The number of esters is 1. The lowest BCUT2D eigenvalue weighted by atomic mass is 10.1. The maximum atomic E-state index is 13.9. The van der Waals surface area contributed by atoms with Gasteiger partial charge in [0.25, 0.3) is 5.91 Å². The maximum Gasteiger partial charge on any atom is 0.337 e. The second-order valence-electron chi connectivity index (χ2n) is 8.77. The van der Waals surface area contributed by atoms with Crippen LogP contribution in [0.4, 0.5) is 4.39 Å². The molecule has 7 heteroatoms. The van der Waals surface area contributed by atoms with Gasteiger partial charge in [0.15, 0.2) is 11.6 Å². The van der Waals surface area contributed by atoms with Gasteiger partial charge >= 0.3 is 5.97 Å². The summed E-state index contributed by atoms with van der Waals surface area (Å²) >= 11 is 0. The SMILES string of the molecule is COC(=O)c1ccc(CN(CC(O)Cc2ccccc2)C(=O)c2ccc(Oc3ccccc3F)cc2)cc1. The van der Waals surface area contributed by atoms with E-state index in [1.54, 1.807) is 65.6 Å². The number of carbonyl (C=O) groups excluding carboxylic acids is 2. The maximum absolute atomic E-state index is 13.9. The third kappa shape index (κ3) is 7.05. The highest BCUT2D eigenvalue weighted by molar-refractivity contribution is 5.94. The molecule has 0 radical (unpaired) electrons. The highest BCUT2D eigenvalue weighted by Gasteiger charge is 2.21. The Balaban J connectivity index is 1.51. The zero-order chi connectivity index (χ0) is 26.9. The third-order valence-electron chi connectivity index (χ3n) is 5.95. The summed E-state index contributed by atoms with van der Waals surface area (Å²) in [6.07, 6.45) is -0.402. The summed E-state index contributed by atoms with van der Waals surface area (Å²) in [6.45, 7) is 0.319. The number of hydrogen-bond donors (Lipinski definition) is 1. The van der Waals surface area contributed by atoms with E-state index >= 15 is 0 Å². The zero-order valence-corrected chi connectivity index (χ0v) is 20.9. The van der Waals surface area contributed by atoms with Crippen molar-refractivity contribution >= 4 is 11.9 Å². The molecule has 1 amide bonds. The van der Waals surface area contributed by atoms with E-state index in [2.05, 4.69) is 0 Å². The Hall–Kier alpha value is -4.49.